The van der Waals surface area contributed by atoms with E-state index in [0.29, 0.717) is 11.5 Å². The first-order chi connectivity index (χ1) is 10.0. The minimum Gasteiger partial charge on any atom is -0.370 e. The van der Waals surface area contributed by atoms with Crippen LogP contribution in [0.15, 0.2) is 24.5 Å². The first kappa shape index (κ1) is 15.2. The second kappa shape index (κ2) is 6.52. The van der Waals surface area contributed by atoms with Crippen LogP contribution < -0.4 is 10.6 Å². The lowest BCUT2D eigenvalue weighted by Gasteiger charge is -2.17. The van der Waals surface area contributed by atoms with Gasteiger partial charge in [0, 0.05) is 17.8 Å². The van der Waals surface area contributed by atoms with Crippen molar-refractivity contribution in [2.45, 2.75) is 33.6 Å². The molecule has 1 heterocycles. The van der Waals surface area contributed by atoms with Gasteiger partial charge in [-0.1, -0.05) is 13.8 Å². The normalized spacial score (nSPS) is 10.8. The van der Waals surface area contributed by atoms with Gasteiger partial charge in [0.1, 0.15) is 23.8 Å². The Kier molecular flexibility index (Phi) is 4.73. The molecular formula is C16H21FN4. The van der Waals surface area contributed by atoms with Crippen molar-refractivity contribution in [3.05, 3.63) is 41.5 Å². The Labute approximate surface area is 124 Å². The molecule has 5 heteroatoms. The van der Waals surface area contributed by atoms with E-state index in [0.717, 1.165) is 23.5 Å². The molecule has 0 fully saturated rings. The molecule has 0 spiro atoms. The molecule has 112 valence electrons. The monoisotopic (exact) mass is 288 g/mol. The van der Waals surface area contributed by atoms with Gasteiger partial charge in [0.2, 0.25) is 0 Å². The smallest absolute Gasteiger partial charge is 0.139 e. The first-order valence-electron chi connectivity index (χ1n) is 7.14. The van der Waals surface area contributed by atoms with Crippen LogP contribution in [0.4, 0.5) is 21.7 Å². The van der Waals surface area contributed by atoms with E-state index in [4.69, 9.17) is 0 Å². The third-order valence-corrected chi connectivity index (χ3v) is 3.11. The maximum absolute atomic E-state index is 13.5. The molecule has 21 heavy (non-hydrogen) atoms. The number of nitrogens with one attached hydrogen (secondary N) is 2. The quantitative estimate of drug-likeness (QED) is 0.864. The molecule has 0 amide bonds. The highest BCUT2D eigenvalue weighted by atomic mass is 19.1. The molecule has 2 rings (SSSR count). The van der Waals surface area contributed by atoms with Crippen molar-refractivity contribution in [2.75, 3.05) is 17.2 Å². The number of aromatic nitrogens is 2. The lowest BCUT2D eigenvalue weighted by Crippen LogP contribution is -2.09. The van der Waals surface area contributed by atoms with Crippen molar-refractivity contribution in [3.8, 4) is 0 Å². The van der Waals surface area contributed by atoms with E-state index in [2.05, 4.69) is 34.4 Å². The SMILES string of the molecule is CCNc1ncnc(Nc2cc(C)cc(F)c2)c1C(C)C. The van der Waals surface area contributed by atoms with E-state index >= 15 is 0 Å². The third kappa shape index (κ3) is 3.68. The Balaban J connectivity index is 2.41. The van der Waals surface area contributed by atoms with Gasteiger partial charge in [0.25, 0.3) is 0 Å². The molecule has 1 aromatic heterocycles. The van der Waals surface area contributed by atoms with Crippen molar-refractivity contribution in [3.63, 3.8) is 0 Å². The fourth-order valence-electron chi connectivity index (χ4n) is 2.30. The summed E-state index contributed by atoms with van der Waals surface area (Å²) in [6, 6.07) is 4.85. The second-order valence-corrected chi connectivity index (χ2v) is 5.31. The Morgan fingerprint density at radius 3 is 2.48 bits per heavy atom. The number of hydrogen-bond donors (Lipinski definition) is 2. The number of hydrogen-bond acceptors (Lipinski definition) is 4. The molecule has 0 aliphatic carbocycles. The number of benzene rings is 1. The van der Waals surface area contributed by atoms with E-state index in [1.807, 2.05) is 19.9 Å². The van der Waals surface area contributed by atoms with Crippen LogP contribution in [0.25, 0.3) is 0 Å². The average Bonchev–Trinajstić information content (AvgIpc) is 2.37. The highest BCUT2D eigenvalue weighted by Gasteiger charge is 2.15. The molecule has 2 N–H and O–H groups in total. The summed E-state index contributed by atoms with van der Waals surface area (Å²) >= 11 is 0. The van der Waals surface area contributed by atoms with Crippen LogP contribution in [0.5, 0.6) is 0 Å². The van der Waals surface area contributed by atoms with Gasteiger partial charge in [-0.25, -0.2) is 14.4 Å². The molecule has 1 aromatic carbocycles. The Hall–Kier alpha value is -2.17. The molecule has 0 aliphatic rings. The lowest BCUT2D eigenvalue weighted by atomic mass is 10.0. The van der Waals surface area contributed by atoms with Crippen LogP contribution in [-0.2, 0) is 0 Å². The summed E-state index contributed by atoms with van der Waals surface area (Å²) in [7, 11) is 0. The van der Waals surface area contributed by atoms with Crippen molar-refractivity contribution >= 4 is 17.3 Å². The van der Waals surface area contributed by atoms with Gasteiger partial charge in [-0.2, -0.15) is 0 Å². The number of rotatable bonds is 5. The summed E-state index contributed by atoms with van der Waals surface area (Å²) in [5.41, 5.74) is 2.56. The van der Waals surface area contributed by atoms with Gasteiger partial charge in [0.05, 0.1) is 0 Å². The molecule has 4 nitrogen and oxygen atoms in total. The summed E-state index contributed by atoms with van der Waals surface area (Å²) in [5, 5.41) is 6.44. The van der Waals surface area contributed by atoms with Crippen molar-refractivity contribution in [1.82, 2.24) is 9.97 Å². The minimum absolute atomic E-state index is 0.248. The number of halogens is 1. The second-order valence-electron chi connectivity index (χ2n) is 5.31. The van der Waals surface area contributed by atoms with Crippen molar-refractivity contribution in [2.24, 2.45) is 0 Å². The topological polar surface area (TPSA) is 49.8 Å². The standard InChI is InChI=1S/C16H21FN4/c1-5-18-15-14(10(2)3)16(20-9-19-15)21-13-7-11(4)6-12(17)8-13/h6-10H,5H2,1-4H3,(H2,18,19,20,21). The van der Waals surface area contributed by atoms with Gasteiger partial charge in [-0.3, -0.25) is 0 Å². The molecule has 0 radical (unpaired) electrons. The van der Waals surface area contributed by atoms with Crippen molar-refractivity contribution < 1.29 is 4.39 Å². The largest absolute Gasteiger partial charge is 0.370 e. The van der Waals surface area contributed by atoms with Crippen LogP contribution in [0.3, 0.4) is 0 Å². The van der Waals surface area contributed by atoms with E-state index in [-0.39, 0.29) is 11.7 Å². The van der Waals surface area contributed by atoms with E-state index in [1.54, 1.807) is 0 Å². The lowest BCUT2D eigenvalue weighted by molar-refractivity contribution is 0.627. The van der Waals surface area contributed by atoms with Crippen LogP contribution in [-0.4, -0.2) is 16.5 Å². The highest BCUT2D eigenvalue weighted by Crippen LogP contribution is 2.30. The Bertz CT molecular complexity index is 605. The summed E-state index contributed by atoms with van der Waals surface area (Å²) in [6.45, 7) is 8.84. The summed E-state index contributed by atoms with van der Waals surface area (Å²) in [4.78, 5) is 8.60. The van der Waals surface area contributed by atoms with E-state index in [1.165, 1.54) is 18.5 Å². The predicted molar refractivity (Wildman–Crippen MR) is 84.7 cm³/mol. The maximum atomic E-state index is 13.5. The molecule has 0 saturated heterocycles. The van der Waals surface area contributed by atoms with E-state index in [9.17, 15) is 4.39 Å². The molecular weight excluding hydrogens is 267 g/mol. The predicted octanol–water partition coefficient (Wildman–Crippen LogP) is 4.22. The maximum Gasteiger partial charge on any atom is 0.139 e. The highest BCUT2D eigenvalue weighted by molar-refractivity contribution is 5.66. The Morgan fingerprint density at radius 2 is 1.86 bits per heavy atom. The summed E-state index contributed by atoms with van der Waals surface area (Å²) in [6.07, 6.45) is 1.51. The zero-order valence-electron chi connectivity index (χ0n) is 12.9. The molecule has 0 unspecified atom stereocenters. The third-order valence-electron chi connectivity index (χ3n) is 3.11. The minimum atomic E-state index is -0.260. The van der Waals surface area contributed by atoms with Crippen LogP contribution >= 0.6 is 0 Å². The average molecular weight is 288 g/mol. The van der Waals surface area contributed by atoms with Gasteiger partial charge < -0.3 is 10.6 Å². The molecule has 0 bridgehead atoms. The summed E-state index contributed by atoms with van der Waals surface area (Å²) in [5.74, 6) is 1.51. The number of aryl methyl sites for hydroxylation is 1. The van der Waals surface area contributed by atoms with Crippen LogP contribution in [0.2, 0.25) is 0 Å². The van der Waals surface area contributed by atoms with Gasteiger partial charge in [0.15, 0.2) is 0 Å². The molecule has 2 aromatic rings. The molecule has 0 aliphatic heterocycles. The molecule has 0 atom stereocenters. The summed E-state index contributed by atoms with van der Waals surface area (Å²) < 4.78 is 13.5. The van der Waals surface area contributed by atoms with Crippen LogP contribution in [0, 0.1) is 12.7 Å². The van der Waals surface area contributed by atoms with Crippen LogP contribution in [0.1, 0.15) is 37.8 Å². The number of anilines is 3. The zero-order valence-corrected chi connectivity index (χ0v) is 12.9. The Morgan fingerprint density at radius 1 is 1.14 bits per heavy atom. The van der Waals surface area contributed by atoms with E-state index < -0.39 is 0 Å². The number of nitrogens with zero attached hydrogens (tertiary/aromatic N) is 2. The molecule has 0 saturated carbocycles. The van der Waals surface area contributed by atoms with Gasteiger partial charge >= 0.3 is 0 Å². The zero-order chi connectivity index (χ0) is 15.4. The fourth-order valence-corrected chi connectivity index (χ4v) is 2.30. The van der Waals surface area contributed by atoms with Crippen molar-refractivity contribution in [1.29, 1.82) is 0 Å². The fraction of sp³-hybridized carbons (Fsp3) is 0.375. The first-order valence-corrected chi connectivity index (χ1v) is 7.14. The van der Waals surface area contributed by atoms with Gasteiger partial charge in [-0.05, 0) is 43.5 Å². The van der Waals surface area contributed by atoms with Gasteiger partial charge in [-0.15, -0.1) is 0 Å².